The van der Waals surface area contributed by atoms with E-state index in [1.54, 1.807) is 7.11 Å². The maximum Gasteiger partial charge on any atom is 0.261 e. The Labute approximate surface area is 191 Å². The summed E-state index contributed by atoms with van der Waals surface area (Å²) in [6.07, 6.45) is 5.08. The van der Waals surface area contributed by atoms with Crippen LogP contribution in [-0.4, -0.2) is 69.5 Å². The van der Waals surface area contributed by atoms with Gasteiger partial charge in [0.1, 0.15) is 11.5 Å². The van der Waals surface area contributed by atoms with Gasteiger partial charge in [-0.25, -0.2) is 0 Å². The van der Waals surface area contributed by atoms with Crippen molar-refractivity contribution >= 4 is 15.8 Å². The molecule has 0 spiro atoms. The van der Waals surface area contributed by atoms with Crippen LogP contribution in [0.1, 0.15) is 24.8 Å². The summed E-state index contributed by atoms with van der Waals surface area (Å²) in [4.78, 5) is 1.91. The van der Waals surface area contributed by atoms with Crippen molar-refractivity contribution in [3.63, 3.8) is 0 Å². The largest absolute Gasteiger partial charge is 0.497 e. The molecule has 0 fully saturated rings. The minimum Gasteiger partial charge on any atom is -0.497 e. The molecule has 0 aliphatic carbocycles. The molecule has 3 N–H and O–H groups in total. The topological polar surface area (TPSA) is 117 Å². The number of nitrogens with zero attached hydrogens (tertiary/aromatic N) is 1. The maximum absolute atomic E-state index is 9.24. The molecule has 2 aromatic rings. The van der Waals surface area contributed by atoms with E-state index in [-0.39, 0.29) is 13.2 Å². The van der Waals surface area contributed by atoms with Gasteiger partial charge in [-0.2, -0.15) is 8.42 Å². The Morgan fingerprint density at radius 1 is 0.906 bits per heavy atom. The Bertz CT molecular complexity index is 846. The zero-order chi connectivity index (χ0) is 23.8. The number of benzene rings is 2. The standard InChI is InChI=1S/C22H31NO4.CH4O3S/c1-26-21-16-20(23(11-13-24)12-14-25)17-22(18-21)27-15-7-3-6-10-19-8-4-2-5-9-19;1-5(2,3)4/h2,4-5,8-9,16-18,24-25H,3,6-7,10-15H2,1H3;1H3,(H,2,3,4). The lowest BCUT2D eigenvalue weighted by Crippen LogP contribution is -2.29. The monoisotopic (exact) mass is 469 g/mol. The van der Waals surface area contributed by atoms with E-state index >= 15 is 0 Å². The first-order valence-corrected chi connectivity index (χ1v) is 12.4. The third kappa shape index (κ3) is 13.2. The van der Waals surface area contributed by atoms with Gasteiger partial charge in [-0.1, -0.05) is 30.3 Å². The third-order valence-electron chi connectivity index (χ3n) is 4.43. The van der Waals surface area contributed by atoms with E-state index in [0.717, 1.165) is 37.1 Å². The molecule has 0 saturated carbocycles. The fourth-order valence-corrected chi connectivity index (χ4v) is 2.99. The first-order valence-electron chi connectivity index (χ1n) is 10.5. The van der Waals surface area contributed by atoms with E-state index in [1.807, 2.05) is 29.2 Å². The van der Waals surface area contributed by atoms with Crippen molar-refractivity contribution in [2.75, 3.05) is 51.2 Å². The van der Waals surface area contributed by atoms with Gasteiger partial charge in [0.15, 0.2) is 0 Å². The number of unbranched alkanes of at least 4 members (excludes halogenated alkanes) is 2. The number of aryl methyl sites for hydroxylation is 1. The molecule has 0 amide bonds. The predicted molar refractivity (Wildman–Crippen MR) is 126 cm³/mol. The van der Waals surface area contributed by atoms with Crippen LogP contribution in [0.4, 0.5) is 5.69 Å². The summed E-state index contributed by atoms with van der Waals surface area (Å²) in [5, 5.41) is 18.5. The van der Waals surface area contributed by atoms with E-state index in [1.165, 1.54) is 5.56 Å². The van der Waals surface area contributed by atoms with Gasteiger partial charge in [0, 0.05) is 37.0 Å². The molecular formula is C23H35NO7S. The molecule has 9 heteroatoms. The molecule has 0 aliphatic heterocycles. The highest BCUT2D eigenvalue weighted by Crippen LogP contribution is 2.28. The Morgan fingerprint density at radius 3 is 2.06 bits per heavy atom. The van der Waals surface area contributed by atoms with Crippen molar-refractivity contribution in [3.8, 4) is 11.5 Å². The number of aliphatic hydroxyl groups excluding tert-OH is 2. The molecule has 180 valence electrons. The van der Waals surface area contributed by atoms with Crippen molar-refractivity contribution in [1.82, 2.24) is 0 Å². The van der Waals surface area contributed by atoms with Crippen molar-refractivity contribution in [1.29, 1.82) is 0 Å². The number of hydrogen-bond donors (Lipinski definition) is 3. The fraction of sp³-hybridized carbons (Fsp3) is 0.478. The van der Waals surface area contributed by atoms with Crippen LogP contribution >= 0.6 is 0 Å². The average Bonchev–Trinajstić information content (AvgIpc) is 2.75. The molecule has 32 heavy (non-hydrogen) atoms. The first-order chi connectivity index (χ1) is 15.3. The van der Waals surface area contributed by atoms with Crippen molar-refractivity contribution in [3.05, 3.63) is 54.1 Å². The molecule has 0 heterocycles. The lowest BCUT2D eigenvalue weighted by Gasteiger charge is -2.24. The van der Waals surface area contributed by atoms with Gasteiger partial charge in [0.2, 0.25) is 0 Å². The van der Waals surface area contributed by atoms with Gasteiger partial charge in [0.25, 0.3) is 10.1 Å². The normalized spacial score (nSPS) is 10.8. The number of anilines is 1. The second kappa shape index (κ2) is 15.5. The van der Waals surface area contributed by atoms with Crippen LogP contribution in [0.25, 0.3) is 0 Å². The minimum absolute atomic E-state index is 0.0226. The van der Waals surface area contributed by atoms with Crippen LogP contribution < -0.4 is 14.4 Å². The summed E-state index contributed by atoms with van der Waals surface area (Å²) in [6.45, 7) is 1.60. The molecule has 0 unspecified atom stereocenters. The number of rotatable bonds is 13. The minimum atomic E-state index is -3.67. The van der Waals surface area contributed by atoms with Crippen molar-refractivity contribution in [2.24, 2.45) is 0 Å². The van der Waals surface area contributed by atoms with E-state index in [4.69, 9.17) is 14.0 Å². The van der Waals surface area contributed by atoms with Crippen LogP contribution in [0.15, 0.2) is 48.5 Å². The number of hydrogen-bond acceptors (Lipinski definition) is 7. The van der Waals surface area contributed by atoms with E-state index < -0.39 is 10.1 Å². The summed E-state index contributed by atoms with van der Waals surface area (Å²) in [6, 6.07) is 16.2. The second-order valence-electron chi connectivity index (χ2n) is 7.18. The number of ether oxygens (including phenoxy) is 2. The molecule has 0 atom stereocenters. The van der Waals surface area contributed by atoms with Gasteiger partial charge >= 0.3 is 0 Å². The molecule has 2 aromatic carbocycles. The number of aliphatic hydroxyl groups is 2. The second-order valence-corrected chi connectivity index (χ2v) is 8.64. The zero-order valence-corrected chi connectivity index (χ0v) is 19.6. The van der Waals surface area contributed by atoms with E-state index in [0.29, 0.717) is 31.7 Å². The van der Waals surface area contributed by atoms with Crippen LogP contribution in [0.3, 0.4) is 0 Å². The van der Waals surface area contributed by atoms with Crippen LogP contribution in [0.2, 0.25) is 0 Å². The van der Waals surface area contributed by atoms with Crippen LogP contribution in [0.5, 0.6) is 11.5 Å². The Hall–Kier alpha value is -2.33. The fourth-order valence-electron chi connectivity index (χ4n) is 2.99. The van der Waals surface area contributed by atoms with Gasteiger partial charge in [-0.15, -0.1) is 0 Å². The molecular weight excluding hydrogens is 434 g/mol. The van der Waals surface area contributed by atoms with Crippen molar-refractivity contribution < 1.29 is 32.7 Å². The highest BCUT2D eigenvalue weighted by atomic mass is 32.2. The third-order valence-corrected chi connectivity index (χ3v) is 4.43. The van der Waals surface area contributed by atoms with Gasteiger partial charge < -0.3 is 24.6 Å². The van der Waals surface area contributed by atoms with Gasteiger partial charge in [-0.05, 0) is 31.2 Å². The highest BCUT2D eigenvalue weighted by Gasteiger charge is 2.10. The molecule has 0 saturated heterocycles. The van der Waals surface area contributed by atoms with Gasteiger partial charge in [-0.3, -0.25) is 4.55 Å². The van der Waals surface area contributed by atoms with Crippen LogP contribution in [0, 0.1) is 0 Å². The molecule has 0 radical (unpaired) electrons. The summed E-state index contributed by atoms with van der Waals surface area (Å²) < 4.78 is 37.1. The lowest BCUT2D eigenvalue weighted by atomic mass is 10.1. The van der Waals surface area contributed by atoms with E-state index in [9.17, 15) is 18.6 Å². The summed E-state index contributed by atoms with van der Waals surface area (Å²) in [7, 11) is -2.05. The quantitative estimate of drug-likeness (QED) is 0.303. The Kier molecular flexibility index (Phi) is 13.4. The number of methoxy groups -OCH3 is 1. The predicted octanol–water partition coefficient (Wildman–Crippen LogP) is 2.78. The highest BCUT2D eigenvalue weighted by molar-refractivity contribution is 7.85. The molecule has 8 nitrogen and oxygen atoms in total. The molecule has 0 bridgehead atoms. The Morgan fingerprint density at radius 2 is 1.50 bits per heavy atom. The molecule has 0 aromatic heterocycles. The Balaban J connectivity index is 0.000000920. The molecule has 2 rings (SSSR count). The van der Waals surface area contributed by atoms with E-state index in [2.05, 4.69) is 24.3 Å². The summed E-state index contributed by atoms with van der Waals surface area (Å²) in [5.74, 6) is 1.45. The van der Waals surface area contributed by atoms with Crippen molar-refractivity contribution in [2.45, 2.75) is 25.7 Å². The first kappa shape index (κ1) is 27.7. The summed E-state index contributed by atoms with van der Waals surface area (Å²) in [5.41, 5.74) is 2.25. The van der Waals surface area contributed by atoms with Crippen LogP contribution in [-0.2, 0) is 16.5 Å². The lowest BCUT2D eigenvalue weighted by molar-refractivity contribution is 0.280. The average molecular weight is 470 g/mol. The SMILES string of the molecule is COc1cc(OCCCCCc2ccccc2)cc(N(CCO)CCO)c1.CS(=O)(=O)O. The maximum atomic E-state index is 9.24. The summed E-state index contributed by atoms with van der Waals surface area (Å²) >= 11 is 0. The molecule has 0 aliphatic rings. The van der Waals surface area contributed by atoms with Gasteiger partial charge in [0.05, 0.1) is 33.2 Å². The smallest absolute Gasteiger partial charge is 0.261 e. The zero-order valence-electron chi connectivity index (χ0n) is 18.8.